The van der Waals surface area contributed by atoms with Crippen LogP contribution >= 0.6 is 11.3 Å². The van der Waals surface area contributed by atoms with Crippen LogP contribution in [0.2, 0.25) is 0 Å². The smallest absolute Gasteiger partial charge is 0.118 e. The van der Waals surface area contributed by atoms with Crippen molar-refractivity contribution >= 4 is 11.3 Å². The lowest BCUT2D eigenvalue weighted by Gasteiger charge is -2.28. The number of aromatic nitrogens is 2. The van der Waals surface area contributed by atoms with Gasteiger partial charge < -0.3 is 4.74 Å². The Labute approximate surface area is 182 Å². The third kappa shape index (κ3) is 5.17. The summed E-state index contributed by atoms with van der Waals surface area (Å²) in [4.78, 5) is 3.94. The van der Waals surface area contributed by atoms with Gasteiger partial charge >= 0.3 is 0 Å². The van der Waals surface area contributed by atoms with Crippen LogP contribution in [0.15, 0.2) is 84.5 Å². The van der Waals surface area contributed by atoms with Gasteiger partial charge in [0.25, 0.3) is 0 Å². The van der Waals surface area contributed by atoms with Crippen LogP contribution in [0.5, 0.6) is 5.75 Å². The van der Waals surface area contributed by atoms with Crippen LogP contribution in [0.4, 0.5) is 0 Å². The Balaban J connectivity index is 1.52. The highest BCUT2D eigenvalue weighted by atomic mass is 32.1. The maximum Gasteiger partial charge on any atom is 0.118 e. The Morgan fingerprint density at radius 2 is 1.73 bits per heavy atom. The highest BCUT2D eigenvalue weighted by molar-refractivity contribution is 7.09. The van der Waals surface area contributed by atoms with E-state index in [1.54, 1.807) is 7.11 Å². The molecule has 4 rings (SSSR count). The number of hydrogen-bond donors (Lipinski definition) is 0. The van der Waals surface area contributed by atoms with Crippen molar-refractivity contribution in [3.63, 3.8) is 0 Å². The second-order valence-electron chi connectivity index (χ2n) is 7.51. The van der Waals surface area contributed by atoms with Crippen molar-refractivity contribution < 1.29 is 4.74 Å². The van der Waals surface area contributed by atoms with Gasteiger partial charge in [-0.25, -0.2) is 4.68 Å². The molecule has 2 aromatic carbocycles. The lowest BCUT2D eigenvalue weighted by Crippen LogP contribution is -2.33. The topological polar surface area (TPSA) is 30.3 Å². The second-order valence-corrected chi connectivity index (χ2v) is 8.55. The maximum absolute atomic E-state index is 5.31. The van der Waals surface area contributed by atoms with E-state index in [0.717, 1.165) is 30.9 Å². The molecule has 0 aliphatic rings. The highest BCUT2D eigenvalue weighted by Gasteiger charge is 2.17. The molecule has 0 bridgehead atoms. The van der Waals surface area contributed by atoms with E-state index in [0.29, 0.717) is 6.04 Å². The third-order valence-corrected chi connectivity index (χ3v) is 6.19. The van der Waals surface area contributed by atoms with Crippen LogP contribution in [0.3, 0.4) is 0 Å². The number of para-hydroxylation sites is 1. The van der Waals surface area contributed by atoms with E-state index in [2.05, 4.69) is 64.9 Å². The summed E-state index contributed by atoms with van der Waals surface area (Å²) in [5.74, 6) is 0.890. The van der Waals surface area contributed by atoms with Crippen molar-refractivity contribution in [3.05, 3.63) is 101 Å². The number of rotatable bonds is 9. The van der Waals surface area contributed by atoms with Crippen molar-refractivity contribution in [1.82, 2.24) is 14.7 Å². The molecule has 0 saturated carbocycles. The molecule has 2 aromatic heterocycles. The SMILES string of the molecule is COc1ccc(CN(Cc2cnn(-c3ccccc3)c2)C(C)Cc2cccs2)cc1. The molecule has 4 nitrogen and oxygen atoms in total. The van der Waals surface area contributed by atoms with Crippen LogP contribution in [0, 0.1) is 0 Å². The number of methoxy groups -OCH3 is 1. The fraction of sp³-hybridized carbons (Fsp3) is 0.240. The van der Waals surface area contributed by atoms with Crippen molar-refractivity contribution in [2.75, 3.05) is 7.11 Å². The molecule has 30 heavy (non-hydrogen) atoms. The molecule has 0 aliphatic carbocycles. The number of nitrogens with zero attached hydrogens (tertiary/aromatic N) is 3. The van der Waals surface area contributed by atoms with Gasteiger partial charge in [-0.1, -0.05) is 36.4 Å². The molecule has 4 aromatic rings. The van der Waals surface area contributed by atoms with Crippen LogP contribution in [0.1, 0.15) is 22.9 Å². The first-order valence-corrected chi connectivity index (χ1v) is 11.1. The van der Waals surface area contributed by atoms with Gasteiger partial charge in [0.1, 0.15) is 5.75 Å². The molecule has 0 spiro atoms. The molecule has 5 heteroatoms. The zero-order valence-corrected chi connectivity index (χ0v) is 18.3. The minimum absolute atomic E-state index is 0.408. The van der Waals surface area contributed by atoms with Crippen LogP contribution in [-0.2, 0) is 19.5 Å². The summed E-state index contributed by atoms with van der Waals surface area (Å²) in [6, 6.07) is 23.4. The molecule has 0 amide bonds. The van der Waals surface area contributed by atoms with Crippen LogP contribution in [0.25, 0.3) is 5.69 Å². The Kier molecular flexibility index (Phi) is 6.62. The van der Waals surface area contributed by atoms with E-state index in [1.807, 2.05) is 52.5 Å². The second kappa shape index (κ2) is 9.74. The summed E-state index contributed by atoms with van der Waals surface area (Å²) in [5.41, 5.74) is 3.58. The van der Waals surface area contributed by atoms with Crippen LogP contribution < -0.4 is 4.74 Å². The summed E-state index contributed by atoms with van der Waals surface area (Å²) in [6.45, 7) is 4.04. The highest BCUT2D eigenvalue weighted by Crippen LogP contribution is 2.20. The standard InChI is InChI=1S/C25H27N3OS/c1-20(15-25-9-6-14-30-25)27(17-21-10-12-24(29-2)13-11-21)18-22-16-26-28(19-22)23-7-4-3-5-8-23/h3-14,16,19-20H,15,17-18H2,1-2H3. The van der Waals surface area contributed by atoms with E-state index in [-0.39, 0.29) is 0 Å². The average molecular weight is 418 g/mol. The van der Waals surface area contributed by atoms with Gasteiger partial charge in [-0.3, -0.25) is 4.90 Å². The van der Waals surface area contributed by atoms with E-state index >= 15 is 0 Å². The molecule has 0 saturated heterocycles. The lowest BCUT2D eigenvalue weighted by atomic mass is 10.1. The Bertz CT molecular complexity index is 1030. The molecule has 1 unspecified atom stereocenters. The van der Waals surface area contributed by atoms with E-state index < -0.39 is 0 Å². The van der Waals surface area contributed by atoms with Crippen LogP contribution in [-0.4, -0.2) is 27.8 Å². The van der Waals surface area contributed by atoms with Crippen molar-refractivity contribution in [2.45, 2.75) is 32.5 Å². The summed E-state index contributed by atoms with van der Waals surface area (Å²) in [5, 5.41) is 6.73. The van der Waals surface area contributed by atoms with Crippen molar-refractivity contribution in [3.8, 4) is 11.4 Å². The summed E-state index contributed by atoms with van der Waals surface area (Å²) in [6.07, 6.45) is 5.15. The van der Waals surface area contributed by atoms with Gasteiger partial charge in [-0.15, -0.1) is 11.3 Å². The molecule has 0 N–H and O–H groups in total. The zero-order valence-electron chi connectivity index (χ0n) is 17.4. The first-order chi connectivity index (χ1) is 14.7. The first kappa shape index (κ1) is 20.4. The molecule has 2 heterocycles. The normalized spacial score (nSPS) is 12.2. The van der Waals surface area contributed by atoms with Crippen molar-refractivity contribution in [1.29, 1.82) is 0 Å². The zero-order chi connectivity index (χ0) is 20.8. The molecule has 1 atom stereocenters. The Hall–Kier alpha value is -2.89. The quantitative estimate of drug-likeness (QED) is 0.356. The van der Waals surface area contributed by atoms with Gasteiger partial charge in [0.15, 0.2) is 0 Å². The fourth-order valence-corrected chi connectivity index (χ4v) is 4.41. The summed E-state index contributed by atoms with van der Waals surface area (Å²) < 4.78 is 7.26. The summed E-state index contributed by atoms with van der Waals surface area (Å²) in [7, 11) is 1.70. The van der Waals surface area contributed by atoms with E-state index in [1.165, 1.54) is 16.0 Å². The Morgan fingerprint density at radius 1 is 0.967 bits per heavy atom. The van der Waals surface area contributed by atoms with Crippen molar-refractivity contribution in [2.24, 2.45) is 0 Å². The number of benzene rings is 2. The average Bonchev–Trinajstić information content (AvgIpc) is 3.47. The van der Waals surface area contributed by atoms with Gasteiger partial charge in [0.2, 0.25) is 0 Å². The fourth-order valence-electron chi connectivity index (χ4n) is 3.58. The monoisotopic (exact) mass is 417 g/mol. The van der Waals surface area contributed by atoms with Gasteiger partial charge in [0, 0.05) is 35.8 Å². The van der Waals surface area contributed by atoms with Gasteiger partial charge in [0.05, 0.1) is 19.0 Å². The first-order valence-electron chi connectivity index (χ1n) is 10.2. The predicted octanol–water partition coefficient (Wildman–Crippen LogP) is 5.58. The molecular weight excluding hydrogens is 390 g/mol. The van der Waals surface area contributed by atoms with E-state index in [4.69, 9.17) is 4.74 Å². The minimum Gasteiger partial charge on any atom is -0.497 e. The molecule has 0 aliphatic heterocycles. The molecule has 0 radical (unpaired) electrons. The maximum atomic E-state index is 5.31. The number of hydrogen-bond acceptors (Lipinski definition) is 4. The number of ether oxygens (including phenoxy) is 1. The van der Waals surface area contributed by atoms with E-state index in [9.17, 15) is 0 Å². The molecular formula is C25H27N3OS. The summed E-state index contributed by atoms with van der Waals surface area (Å²) >= 11 is 1.83. The van der Waals surface area contributed by atoms with Gasteiger partial charge in [-0.05, 0) is 54.6 Å². The lowest BCUT2D eigenvalue weighted by molar-refractivity contribution is 0.190. The van der Waals surface area contributed by atoms with Gasteiger partial charge in [-0.2, -0.15) is 5.10 Å². The molecule has 0 fully saturated rings. The number of thiophene rings is 1. The largest absolute Gasteiger partial charge is 0.497 e. The Morgan fingerprint density at radius 3 is 2.43 bits per heavy atom. The third-order valence-electron chi connectivity index (χ3n) is 5.29. The predicted molar refractivity (Wildman–Crippen MR) is 123 cm³/mol. The minimum atomic E-state index is 0.408. The molecule has 154 valence electrons.